The van der Waals surface area contributed by atoms with E-state index in [4.69, 9.17) is 4.55 Å². The van der Waals surface area contributed by atoms with E-state index in [1.807, 2.05) is 0 Å². The van der Waals surface area contributed by atoms with Crippen molar-refractivity contribution in [1.82, 2.24) is 0 Å². The average molecular weight is 114 g/mol. The third kappa shape index (κ3) is 10.7. The van der Waals surface area contributed by atoms with E-state index in [2.05, 4.69) is 6.58 Å². The summed E-state index contributed by atoms with van der Waals surface area (Å²) in [7, 11) is -4.02. The van der Waals surface area contributed by atoms with Gasteiger partial charge in [-0.15, -0.1) is 0 Å². The quantitative estimate of drug-likeness (QED) is 0.222. The smallest absolute Gasteiger partial charge is 0.343 e. The zero-order chi connectivity index (χ0) is 5.21. The Morgan fingerprint density at radius 1 is 1.57 bits per heavy atom. The second kappa shape index (κ2) is 3.28. The second-order valence-corrected chi connectivity index (χ2v) is 1.86. The average Bonchev–Trinajstić information content (AvgIpc) is 1.35. The fraction of sp³-hybridized carbons (Fsp3) is 0. The van der Waals surface area contributed by atoms with E-state index >= 15 is 0 Å². The Balaban J connectivity index is 0. The number of rotatable bonds is 1. The molecule has 0 unspecified atom stereocenters. The Morgan fingerprint density at radius 3 is 1.71 bits per heavy atom. The topological polar surface area (TPSA) is 54.4 Å². The molecule has 0 rings (SSSR count). The fourth-order valence-electron chi connectivity index (χ4n) is 0. The van der Waals surface area contributed by atoms with Crippen LogP contribution in [0.3, 0.4) is 0 Å². The largest absolute Gasteiger partial charge is 1.00 e. The van der Waals surface area contributed by atoms with E-state index in [1.54, 1.807) is 0 Å². The molecule has 0 aliphatic rings. The maximum Gasteiger partial charge on any atom is 1.00 e. The first-order chi connectivity index (χ1) is 2.56. The molecule has 3 nitrogen and oxygen atoms in total. The van der Waals surface area contributed by atoms with Crippen molar-refractivity contribution in [3.8, 4) is 0 Å². The monoisotopic (exact) mass is 114 g/mol. The van der Waals surface area contributed by atoms with Crippen molar-refractivity contribution in [3.05, 3.63) is 12.0 Å². The van der Waals surface area contributed by atoms with Crippen LogP contribution in [0.2, 0.25) is 0 Å². The normalized spacial score (nSPS) is 9.29. The van der Waals surface area contributed by atoms with Gasteiger partial charge in [-0.25, -0.2) is 8.42 Å². The summed E-state index contributed by atoms with van der Waals surface area (Å²) in [5.74, 6) is 0. The summed E-state index contributed by atoms with van der Waals surface area (Å²) in [5, 5.41) is 1.38. The van der Waals surface area contributed by atoms with E-state index in [9.17, 15) is 8.42 Å². The minimum atomic E-state index is -4.02. The molecule has 0 aromatic heterocycles. The van der Waals surface area contributed by atoms with Crippen molar-refractivity contribution >= 4 is 10.1 Å². The van der Waals surface area contributed by atoms with Crippen molar-refractivity contribution in [2.75, 3.05) is 0 Å². The van der Waals surface area contributed by atoms with Gasteiger partial charge in [0.25, 0.3) is 0 Å². The standard InChI is InChI=1S/C2H3O3S.Li/c1-2-6(3,4)5;/h1H2,(H,3,4,5);/q-1;+1. The van der Waals surface area contributed by atoms with Gasteiger partial charge in [-0.3, -0.25) is 6.58 Å². The predicted octanol–water partition coefficient (Wildman–Crippen LogP) is -3.18. The molecule has 0 aliphatic carbocycles. The van der Waals surface area contributed by atoms with Crippen molar-refractivity contribution in [2.24, 2.45) is 0 Å². The molecule has 0 aromatic rings. The minimum absolute atomic E-state index is 0. The van der Waals surface area contributed by atoms with Crippen LogP contribution < -0.4 is 18.9 Å². The molecule has 0 fully saturated rings. The number of hydrogen-bond donors (Lipinski definition) is 1. The molecule has 0 spiro atoms. The maximum absolute atomic E-state index is 9.38. The zero-order valence-electron chi connectivity index (χ0n) is 3.88. The minimum Gasteiger partial charge on any atom is -0.343 e. The fourth-order valence-corrected chi connectivity index (χ4v) is 0. The van der Waals surface area contributed by atoms with Crippen molar-refractivity contribution in [1.29, 1.82) is 0 Å². The van der Waals surface area contributed by atoms with Gasteiger partial charge in [0.15, 0.2) is 0 Å². The Bertz CT molecular complexity index is 123. The zero-order valence-corrected chi connectivity index (χ0v) is 4.70. The Kier molecular flexibility index (Phi) is 4.81. The molecule has 1 N–H and O–H groups in total. The van der Waals surface area contributed by atoms with Crippen molar-refractivity contribution in [3.63, 3.8) is 0 Å². The molecule has 0 aliphatic heterocycles. The molecular formula is C2H3LiO3S. The van der Waals surface area contributed by atoms with Crippen LogP contribution in [-0.2, 0) is 10.1 Å². The van der Waals surface area contributed by atoms with Crippen LogP contribution in [0.4, 0.5) is 0 Å². The van der Waals surface area contributed by atoms with Crippen molar-refractivity contribution < 1.29 is 31.8 Å². The molecule has 0 amide bonds. The maximum atomic E-state index is 9.38. The van der Waals surface area contributed by atoms with Gasteiger partial charge in [-0.05, 0) is 0 Å². The van der Waals surface area contributed by atoms with Crippen LogP contribution in [0.15, 0.2) is 6.58 Å². The second-order valence-electron chi connectivity index (χ2n) is 0.619. The van der Waals surface area contributed by atoms with Gasteiger partial charge in [-0.1, -0.05) is 0 Å². The SMILES string of the molecule is C=[C-]S(=O)(=O)O.[Li+]. The Morgan fingerprint density at radius 2 is 1.71 bits per heavy atom. The first kappa shape index (κ1) is 10.3. The van der Waals surface area contributed by atoms with Gasteiger partial charge in [-0.2, -0.15) is 0 Å². The van der Waals surface area contributed by atoms with E-state index < -0.39 is 10.1 Å². The van der Waals surface area contributed by atoms with E-state index in [1.165, 1.54) is 5.41 Å². The summed E-state index contributed by atoms with van der Waals surface area (Å²) in [4.78, 5) is 0. The van der Waals surface area contributed by atoms with E-state index in [-0.39, 0.29) is 18.9 Å². The van der Waals surface area contributed by atoms with Gasteiger partial charge in [0.05, 0.1) is 0 Å². The van der Waals surface area contributed by atoms with Crippen LogP contribution in [0, 0.1) is 5.41 Å². The molecule has 5 heteroatoms. The molecule has 0 radical (unpaired) electrons. The van der Waals surface area contributed by atoms with Crippen LogP contribution in [0.5, 0.6) is 0 Å². The van der Waals surface area contributed by atoms with Gasteiger partial charge < -0.3 is 9.96 Å². The molecule has 0 bridgehead atoms. The van der Waals surface area contributed by atoms with Crippen molar-refractivity contribution in [2.45, 2.75) is 0 Å². The molecule has 7 heavy (non-hydrogen) atoms. The third-order valence-electron chi connectivity index (χ3n) is 0.182. The molecule has 0 saturated carbocycles. The molecule has 36 valence electrons. The summed E-state index contributed by atoms with van der Waals surface area (Å²) < 4.78 is 26.4. The number of hydrogen-bond acceptors (Lipinski definition) is 2. The van der Waals surface area contributed by atoms with Crippen LogP contribution >= 0.6 is 0 Å². The Hall–Kier alpha value is 0.247. The Labute approximate surface area is 54.3 Å². The summed E-state index contributed by atoms with van der Waals surface area (Å²) in [6.45, 7) is 2.67. The molecule has 0 atom stereocenters. The summed E-state index contributed by atoms with van der Waals surface area (Å²) >= 11 is 0. The summed E-state index contributed by atoms with van der Waals surface area (Å²) in [6.07, 6.45) is 0. The summed E-state index contributed by atoms with van der Waals surface area (Å²) in [6, 6.07) is 0. The molecule has 0 saturated heterocycles. The van der Waals surface area contributed by atoms with Crippen LogP contribution in [0.25, 0.3) is 0 Å². The third-order valence-corrected chi connectivity index (χ3v) is 0.547. The van der Waals surface area contributed by atoms with E-state index in [0.717, 1.165) is 0 Å². The van der Waals surface area contributed by atoms with Gasteiger partial charge >= 0.3 is 18.9 Å². The predicted molar refractivity (Wildman–Crippen MR) is 20.4 cm³/mol. The van der Waals surface area contributed by atoms with Crippen LogP contribution in [0.1, 0.15) is 0 Å². The first-order valence-electron chi connectivity index (χ1n) is 1.07. The molecule has 0 heterocycles. The van der Waals surface area contributed by atoms with Crippen LogP contribution in [-0.4, -0.2) is 13.0 Å². The van der Waals surface area contributed by atoms with E-state index in [0.29, 0.717) is 0 Å². The molecule has 0 aromatic carbocycles. The molecular weight excluding hydrogens is 111 g/mol. The summed E-state index contributed by atoms with van der Waals surface area (Å²) in [5.41, 5.74) is 0. The van der Waals surface area contributed by atoms with Gasteiger partial charge in [0.2, 0.25) is 0 Å². The van der Waals surface area contributed by atoms with Gasteiger partial charge in [0.1, 0.15) is 10.1 Å². The van der Waals surface area contributed by atoms with Gasteiger partial charge in [0, 0.05) is 0 Å². The first-order valence-corrected chi connectivity index (χ1v) is 2.51.